The van der Waals surface area contributed by atoms with Gasteiger partial charge in [0.15, 0.2) is 0 Å². The Labute approximate surface area is 295 Å². The van der Waals surface area contributed by atoms with Crippen molar-refractivity contribution in [3.63, 3.8) is 0 Å². The summed E-state index contributed by atoms with van der Waals surface area (Å²) in [6, 6.07) is 0. The maximum absolute atomic E-state index is 13.3. The quantitative estimate of drug-likeness (QED) is 0.0368. The van der Waals surface area contributed by atoms with Gasteiger partial charge in [0, 0.05) is 0 Å². The number of phosphoric ester groups is 1. The van der Waals surface area contributed by atoms with Crippen molar-refractivity contribution in [3.8, 4) is 0 Å². The number of phosphoric acid groups is 1. The van der Waals surface area contributed by atoms with Gasteiger partial charge in [0.2, 0.25) is 0 Å². The molecule has 0 aromatic carbocycles. The topological polar surface area (TPSA) is 44.8 Å². The Balaban J connectivity index is 4.31. The molecule has 0 saturated carbocycles. The Bertz CT molecular complexity index is 637. The van der Waals surface area contributed by atoms with E-state index < -0.39 is 7.82 Å². The predicted octanol–water partition coefficient (Wildman–Crippen LogP) is 16.6. The lowest BCUT2D eigenvalue weighted by Gasteiger charge is -2.13. The molecule has 0 N–H and O–H groups in total. The summed E-state index contributed by atoms with van der Waals surface area (Å²) < 4.78 is 30.0. The highest BCUT2D eigenvalue weighted by Gasteiger charge is 2.27. The fraction of sp³-hybridized carbons (Fsp3) is 0.857. The first kappa shape index (κ1) is 45.9. The molecule has 0 aliphatic rings. The summed E-state index contributed by atoms with van der Waals surface area (Å²) in [6.45, 7) is 6.81. The third kappa shape index (κ3) is 37.5. The zero-order valence-corrected chi connectivity index (χ0v) is 32.8. The molecule has 0 aromatic heterocycles. The second-order valence-corrected chi connectivity index (χ2v) is 15.3. The molecule has 0 aromatic rings. The molecule has 0 rings (SSSR count). The van der Waals surface area contributed by atoms with Crippen LogP contribution in [0.25, 0.3) is 0 Å². The van der Waals surface area contributed by atoms with E-state index in [4.69, 9.17) is 13.6 Å². The lowest BCUT2D eigenvalue weighted by molar-refractivity contribution is 0.229. The van der Waals surface area contributed by atoms with Crippen LogP contribution in [0.3, 0.4) is 0 Å². The van der Waals surface area contributed by atoms with Crippen molar-refractivity contribution in [1.82, 2.24) is 0 Å². The van der Waals surface area contributed by atoms with Crippen LogP contribution in [0.2, 0.25) is 0 Å². The van der Waals surface area contributed by atoms with E-state index in [1.165, 1.54) is 192 Å². The van der Waals surface area contributed by atoms with Gasteiger partial charge in [-0.1, -0.05) is 194 Å². The van der Waals surface area contributed by atoms with Crippen molar-refractivity contribution in [2.75, 3.05) is 0 Å². The maximum atomic E-state index is 13.3. The van der Waals surface area contributed by atoms with Gasteiger partial charge in [-0.05, 0) is 56.8 Å². The molecule has 0 bridgehead atoms. The first-order valence-corrected chi connectivity index (χ1v) is 22.2. The fourth-order valence-electron chi connectivity index (χ4n) is 5.88. The van der Waals surface area contributed by atoms with Gasteiger partial charge < -0.3 is 13.6 Å². The van der Waals surface area contributed by atoms with Crippen LogP contribution in [0.15, 0.2) is 37.0 Å². The lowest BCUT2D eigenvalue weighted by Crippen LogP contribution is -1.89. The number of rotatable bonds is 39. The number of unbranched alkanes of at least 4 members (excludes halogenated alkanes) is 30. The van der Waals surface area contributed by atoms with Gasteiger partial charge in [-0.15, -0.1) is 0 Å². The van der Waals surface area contributed by atoms with Gasteiger partial charge in [-0.25, -0.2) is 0 Å². The van der Waals surface area contributed by atoms with Crippen molar-refractivity contribution >= 4 is 7.82 Å². The van der Waals surface area contributed by atoms with Crippen LogP contribution < -0.4 is 0 Å². The van der Waals surface area contributed by atoms with Crippen LogP contribution in [-0.4, -0.2) is 0 Å². The van der Waals surface area contributed by atoms with Crippen LogP contribution in [-0.2, 0) is 18.1 Å². The van der Waals surface area contributed by atoms with E-state index >= 15 is 0 Å². The largest absolute Gasteiger partial charge is 0.645 e. The Morgan fingerprint density at radius 1 is 0.319 bits per heavy atom. The Kier molecular flexibility index (Phi) is 38.3. The molecule has 0 aliphatic heterocycles. The Hall–Kier alpha value is -1.15. The zero-order chi connectivity index (χ0) is 34.2. The van der Waals surface area contributed by atoms with Gasteiger partial charge in [0.05, 0.1) is 18.8 Å². The van der Waals surface area contributed by atoms with Crippen LogP contribution in [0.1, 0.15) is 233 Å². The van der Waals surface area contributed by atoms with Gasteiger partial charge in [-0.3, -0.25) is 0 Å². The van der Waals surface area contributed by atoms with E-state index in [9.17, 15) is 4.57 Å². The average Bonchev–Trinajstić information content (AvgIpc) is 3.07. The highest BCUT2D eigenvalue weighted by molar-refractivity contribution is 7.48. The summed E-state index contributed by atoms with van der Waals surface area (Å²) >= 11 is 0. The molecule has 0 aliphatic carbocycles. The summed E-state index contributed by atoms with van der Waals surface area (Å²) in [5.74, 6) is 0. The summed E-state index contributed by atoms with van der Waals surface area (Å²) in [6.07, 6.45) is 52.7. The molecular weight excluding hydrogens is 599 g/mol. The van der Waals surface area contributed by atoms with E-state index in [-0.39, 0.29) is 0 Å². The molecule has 278 valence electrons. The van der Waals surface area contributed by atoms with Crippen molar-refractivity contribution in [2.24, 2.45) is 0 Å². The van der Waals surface area contributed by atoms with Crippen LogP contribution in [0, 0.1) is 0 Å². The molecule has 0 radical (unpaired) electrons. The zero-order valence-electron chi connectivity index (χ0n) is 31.9. The van der Waals surface area contributed by atoms with Gasteiger partial charge >= 0.3 is 7.82 Å². The lowest BCUT2D eigenvalue weighted by atomic mass is 10.1. The summed E-state index contributed by atoms with van der Waals surface area (Å²) in [5.41, 5.74) is 0. The molecule has 0 unspecified atom stereocenters. The monoisotopic (exact) mass is 681 g/mol. The smallest absolute Gasteiger partial charge is 0.394 e. The second-order valence-electron chi connectivity index (χ2n) is 13.8. The van der Waals surface area contributed by atoms with Crippen molar-refractivity contribution in [3.05, 3.63) is 37.0 Å². The average molecular weight is 681 g/mol. The third-order valence-corrected chi connectivity index (χ3v) is 10.2. The summed E-state index contributed by atoms with van der Waals surface area (Å²) in [4.78, 5) is 0. The van der Waals surface area contributed by atoms with Crippen molar-refractivity contribution in [1.29, 1.82) is 0 Å². The van der Waals surface area contributed by atoms with Crippen LogP contribution in [0.5, 0.6) is 0 Å². The molecule has 0 spiro atoms. The van der Waals surface area contributed by atoms with Crippen LogP contribution >= 0.6 is 7.82 Å². The predicted molar refractivity (Wildman–Crippen MR) is 208 cm³/mol. The van der Waals surface area contributed by atoms with E-state index in [1.54, 1.807) is 0 Å². The summed E-state index contributed by atoms with van der Waals surface area (Å²) in [7, 11) is -3.73. The molecule has 0 heterocycles. The number of allylic oxidation sites excluding steroid dienone is 3. The molecule has 4 nitrogen and oxygen atoms in total. The van der Waals surface area contributed by atoms with Crippen molar-refractivity contribution in [2.45, 2.75) is 233 Å². The first-order chi connectivity index (χ1) is 23.2. The molecule has 0 atom stereocenters. The molecule has 0 amide bonds. The Morgan fingerprint density at radius 2 is 0.511 bits per heavy atom. The first-order valence-electron chi connectivity index (χ1n) is 20.8. The maximum Gasteiger partial charge on any atom is 0.645 e. The molecular formula is C42H81O4P. The van der Waals surface area contributed by atoms with E-state index in [0.29, 0.717) is 0 Å². The molecule has 0 saturated heterocycles. The fourth-order valence-corrected chi connectivity index (χ4v) is 6.73. The minimum Gasteiger partial charge on any atom is -0.394 e. The number of hydrogen-bond donors (Lipinski definition) is 0. The normalized spacial score (nSPS) is 13.3. The number of hydrogen-bond acceptors (Lipinski definition) is 4. The van der Waals surface area contributed by atoms with Gasteiger partial charge in [0.25, 0.3) is 0 Å². The standard InChI is InChI=1S/C42H81O4P/c1-4-7-10-13-16-19-22-25-28-31-34-37-40-44-47(43,45-41-38-35-32-29-26-23-20-17-14-11-8-5-2)46-42-39-36-33-30-27-24-21-18-15-12-9-6-3/h37-42H,4-36H2,1-3H3. The van der Waals surface area contributed by atoms with Crippen molar-refractivity contribution < 1.29 is 18.1 Å². The Morgan fingerprint density at radius 3 is 0.723 bits per heavy atom. The van der Waals surface area contributed by atoms with Crippen LogP contribution in [0.4, 0.5) is 0 Å². The van der Waals surface area contributed by atoms with Gasteiger partial charge in [-0.2, -0.15) is 4.57 Å². The highest BCUT2D eigenvalue weighted by atomic mass is 31.2. The molecule has 47 heavy (non-hydrogen) atoms. The minimum absolute atomic E-state index is 0.916. The van der Waals surface area contributed by atoms with E-state index in [2.05, 4.69) is 20.8 Å². The molecule has 0 fully saturated rings. The second kappa shape index (κ2) is 39.3. The molecule has 5 heteroatoms. The van der Waals surface area contributed by atoms with Gasteiger partial charge in [0.1, 0.15) is 0 Å². The SMILES string of the molecule is CCCCCCCCCCCCC=COP(=O)(OC=CCCCCCCCCCCCC)OC=CCCCCCCCCCCCC. The third-order valence-electron chi connectivity index (χ3n) is 9.03. The van der Waals surface area contributed by atoms with E-state index in [0.717, 1.165) is 38.5 Å². The minimum atomic E-state index is -3.73. The summed E-state index contributed by atoms with van der Waals surface area (Å²) in [5, 5.41) is 0. The highest BCUT2D eigenvalue weighted by Crippen LogP contribution is 2.50. The van der Waals surface area contributed by atoms with E-state index in [1.807, 2.05) is 18.2 Å².